The van der Waals surface area contributed by atoms with Gasteiger partial charge in [-0.25, -0.2) is 18.4 Å². The Morgan fingerprint density at radius 1 is 1.11 bits per heavy atom. The first-order chi connectivity index (χ1) is 8.62. The topological polar surface area (TPSA) is 96.9 Å². The zero-order valence-electron chi connectivity index (χ0n) is 9.53. The third kappa shape index (κ3) is 2.72. The molecule has 0 aliphatic rings. The summed E-state index contributed by atoms with van der Waals surface area (Å²) in [6.45, 7) is 0. The van der Waals surface area contributed by atoms with Crippen molar-refractivity contribution >= 4 is 21.7 Å². The molecule has 2 aromatic rings. The Hall–Kier alpha value is -2.22. The Morgan fingerprint density at radius 2 is 1.89 bits per heavy atom. The van der Waals surface area contributed by atoms with Gasteiger partial charge in [-0.1, -0.05) is 0 Å². The summed E-state index contributed by atoms with van der Waals surface area (Å²) in [6.07, 6.45) is 5.61. The van der Waals surface area contributed by atoms with Crippen LogP contribution in [0.2, 0.25) is 0 Å². The molecule has 18 heavy (non-hydrogen) atoms. The summed E-state index contributed by atoms with van der Waals surface area (Å²) in [7, 11) is -2.02. The lowest BCUT2D eigenvalue weighted by Crippen LogP contribution is -2.14. The van der Waals surface area contributed by atoms with Gasteiger partial charge in [-0.3, -0.25) is 9.71 Å². The van der Waals surface area contributed by atoms with Crippen LogP contribution in [0.3, 0.4) is 0 Å². The van der Waals surface area contributed by atoms with Gasteiger partial charge in [0.1, 0.15) is 5.82 Å². The standard InChI is InChI=1S/C10H11N5O2S/c1-11-9-6-8(2-3-13-9)18(16,17)15-10-7-12-4-5-14-10/h2-7H,1H3,(H,11,13)(H,14,15). The molecule has 2 aromatic heterocycles. The van der Waals surface area contributed by atoms with Crippen molar-refractivity contribution in [1.82, 2.24) is 15.0 Å². The fraction of sp³-hybridized carbons (Fsp3) is 0.100. The maximum Gasteiger partial charge on any atom is 0.263 e. The van der Waals surface area contributed by atoms with Crippen LogP contribution in [-0.4, -0.2) is 30.4 Å². The number of aromatic nitrogens is 3. The summed E-state index contributed by atoms with van der Waals surface area (Å²) in [5.41, 5.74) is 0. The van der Waals surface area contributed by atoms with E-state index in [9.17, 15) is 8.42 Å². The number of nitrogens with zero attached hydrogens (tertiary/aromatic N) is 3. The Kier molecular flexibility index (Phi) is 3.38. The van der Waals surface area contributed by atoms with Crippen LogP contribution >= 0.6 is 0 Å². The highest BCUT2D eigenvalue weighted by Crippen LogP contribution is 2.15. The number of sulfonamides is 1. The molecular weight excluding hydrogens is 254 g/mol. The predicted molar refractivity (Wildman–Crippen MR) is 66.6 cm³/mol. The molecule has 0 amide bonds. The van der Waals surface area contributed by atoms with Gasteiger partial charge < -0.3 is 5.32 Å². The summed E-state index contributed by atoms with van der Waals surface area (Å²) in [5.74, 6) is 0.636. The smallest absolute Gasteiger partial charge is 0.263 e. The molecule has 0 aromatic carbocycles. The molecule has 2 rings (SSSR count). The number of nitrogens with one attached hydrogen (secondary N) is 2. The molecule has 7 nitrogen and oxygen atoms in total. The molecule has 8 heteroatoms. The summed E-state index contributed by atoms with van der Waals surface area (Å²) in [4.78, 5) is 11.7. The van der Waals surface area contributed by atoms with Gasteiger partial charge in [0, 0.05) is 31.7 Å². The van der Waals surface area contributed by atoms with Crippen LogP contribution in [0.25, 0.3) is 0 Å². The maximum absolute atomic E-state index is 12.0. The highest BCUT2D eigenvalue weighted by Gasteiger charge is 2.15. The first-order valence-electron chi connectivity index (χ1n) is 5.04. The van der Waals surface area contributed by atoms with Crippen LogP contribution in [-0.2, 0) is 10.0 Å². The number of rotatable bonds is 4. The van der Waals surface area contributed by atoms with Crippen molar-refractivity contribution in [2.75, 3.05) is 17.1 Å². The molecule has 0 unspecified atom stereocenters. The van der Waals surface area contributed by atoms with Crippen molar-refractivity contribution in [3.05, 3.63) is 36.9 Å². The molecule has 2 heterocycles. The minimum Gasteiger partial charge on any atom is -0.373 e. The summed E-state index contributed by atoms with van der Waals surface area (Å²) in [6, 6.07) is 2.83. The maximum atomic E-state index is 12.0. The number of hydrogen-bond donors (Lipinski definition) is 2. The molecule has 0 aliphatic heterocycles. The van der Waals surface area contributed by atoms with E-state index < -0.39 is 10.0 Å². The second kappa shape index (κ2) is 4.96. The molecule has 94 valence electrons. The van der Waals surface area contributed by atoms with Gasteiger partial charge in [0.15, 0.2) is 5.82 Å². The van der Waals surface area contributed by atoms with Crippen molar-refractivity contribution in [3.8, 4) is 0 Å². The molecule has 0 radical (unpaired) electrons. The molecule has 0 saturated heterocycles. The van der Waals surface area contributed by atoms with Crippen LogP contribution in [0.15, 0.2) is 41.8 Å². The number of pyridine rings is 1. The first-order valence-corrected chi connectivity index (χ1v) is 6.53. The number of anilines is 2. The average molecular weight is 265 g/mol. The lowest BCUT2D eigenvalue weighted by molar-refractivity contribution is 0.601. The van der Waals surface area contributed by atoms with Gasteiger partial charge >= 0.3 is 0 Å². The molecule has 2 N–H and O–H groups in total. The van der Waals surface area contributed by atoms with E-state index in [0.717, 1.165) is 0 Å². The third-order valence-electron chi connectivity index (χ3n) is 2.10. The van der Waals surface area contributed by atoms with Crippen LogP contribution < -0.4 is 10.0 Å². The van der Waals surface area contributed by atoms with Crippen LogP contribution in [0, 0.1) is 0 Å². The van der Waals surface area contributed by atoms with Crippen LogP contribution in [0.1, 0.15) is 0 Å². The summed E-state index contributed by atoms with van der Waals surface area (Å²) >= 11 is 0. The fourth-order valence-electron chi connectivity index (χ4n) is 1.26. The first kappa shape index (κ1) is 12.2. The number of hydrogen-bond acceptors (Lipinski definition) is 6. The van der Waals surface area contributed by atoms with Gasteiger partial charge in [0.05, 0.1) is 11.1 Å². The summed E-state index contributed by atoms with van der Waals surface area (Å²) < 4.78 is 26.4. The molecule has 0 aliphatic carbocycles. The molecule has 0 saturated carbocycles. The molecule has 0 atom stereocenters. The van der Waals surface area contributed by atoms with Crippen molar-refractivity contribution < 1.29 is 8.42 Å². The zero-order valence-corrected chi connectivity index (χ0v) is 10.3. The fourth-order valence-corrected chi connectivity index (χ4v) is 2.27. The monoisotopic (exact) mass is 265 g/mol. The summed E-state index contributed by atoms with van der Waals surface area (Å²) in [5, 5.41) is 2.77. The average Bonchev–Trinajstić information content (AvgIpc) is 2.39. The zero-order chi connectivity index (χ0) is 13.0. The quantitative estimate of drug-likeness (QED) is 0.845. The third-order valence-corrected chi connectivity index (χ3v) is 3.45. The van der Waals surface area contributed by atoms with Crippen molar-refractivity contribution in [1.29, 1.82) is 0 Å². The van der Waals surface area contributed by atoms with Crippen molar-refractivity contribution in [2.24, 2.45) is 0 Å². The van der Waals surface area contributed by atoms with E-state index in [2.05, 4.69) is 25.0 Å². The van der Waals surface area contributed by atoms with Crippen molar-refractivity contribution in [2.45, 2.75) is 4.90 Å². The molecule has 0 spiro atoms. The minimum absolute atomic E-state index is 0.104. The van der Waals surface area contributed by atoms with E-state index >= 15 is 0 Å². The van der Waals surface area contributed by atoms with Crippen LogP contribution in [0.4, 0.5) is 11.6 Å². The highest BCUT2D eigenvalue weighted by molar-refractivity contribution is 7.92. The van der Waals surface area contributed by atoms with E-state index in [1.807, 2.05) is 0 Å². The van der Waals surface area contributed by atoms with E-state index in [1.54, 1.807) is 7.05 Å². The van der Waals surface area contributed by atoms with Gasteiger partial charge in [0.2, 0.25) is 0 Å². The second-order valence-corrected chi connectivity index (χ2v) is 5.01. The second-order valence-electron chi connectivity index (χ2n) is 3.32. The Morgan fingerprint density at radius 3 is 2.56 bits per heavy atom. The van der Waals surface area contributed by atoms with E-state index in [4.69, 9.17) is 0 Å². The van der Waals surface area contributed by atoms with E-state index in [0.29, 0.717) is 5.82 Å². The predicted octanol–water partition coefficient (Wildman–Crippen LogP) is 0.714. The van der Waals surface area contributed by atoms with Crippen LogP contribution in [0.5, 0.6) is 0 Å². The molecule has 0 bridgehead atoms. The van der Waals surface area contributed by atoms with E-state index in [1.165, 1.54) is 36.9 Å². The lowest BCUT2D eigenvalue weighted by atomic mass is 10.5. The normalized spacial score (nSPS) is 10.9. The Balaban J connectivity index is 2.31. The van der Waals surface area contributed by atoms with Gasteiger partial charge in [-0.2, -0.15) is 0 Å². The lowest BCUT2D eigenvalue weighted by Gasteiger charge is -2.07. The Bertz CT molecular complexity index is 630. The largest absolute Gasteiger partial charge is 0.373 e. The van der Waals surface area contributed by atoms with Gasteiger partial charge in [0.25, 0.3) is 10.0 Å². The Labute approximate surface area is 104 Å². The SMILES string of the molecule is CNc1cc(S(=O)(=O)Nc2cnccn2)ccn1. The molecule has 0 fully saturated rings. The van der Waals surface area contributed by atoms with Crippen molar-refractivity contribution in [3.63, 3.8) is 0 Å². The van der Waals surface area contributed by atoms with Gasteiger partial charge in [-0.15, -0.1) is 0 Å². The van der Waals surface area contributed by atoms with Gasteiger partial charge in [-0.05, 0) is 6.07 Å². The highest BCUT2D eigenvalue weighted by atomic mass is 32.2. The molecular formula is C10H11N5O2S. The minimum atomic E-state index is -3.68. The van der Waals surface area contributed by atoms with E-state index in [-0.39, 0.29) is 10.7 Å².